The van der Waals surface area contributed by atoms with Crippen LogP contribution >= 0.6 is 34.5 Å². The molecule has 0 atom stereocenters. The van der Waals surface area contributed by atoms with Gasteiger partial charge in [-0.15, -0.1) is 10.2 Å². The van der Waals surface area contributed by atoms with E-state index in [1.807, 2.05) is 26.0 Å². The first-order valence-corrected chi connectivity index (χ1v) is 9.28. The second kappa shape index (κ2) is 8.03. The Balaban J connectivity index is 1.59. The number of hydrogen-bond donors (Lipinski definition) is 1. The summed E-state index contributed by atoms with van der Waals surface area (Å²) in [5.74, 6) is 0.285. The highest BCUT2D eigenvalue weighted by Crippen LogP contribution is 2.28. The Morgan fingerprint density at radius 1 is 1.12 bits per heavy atom. The van der Waals surface area contributed by atoms with Gasteiger partial charge in [-0.25, -0.2) is 0 Å². The lowest BCUT2D eigenvalue weighted by molar-refractivity contribution is -0.118. The van der Waals surface area contributed by atoms with E-state index in [1.54, 1.807) is 24.3 Å². The summed E-state index contributed by atoms with van der Waals surface area (Å²) in [7, 11) is 0. The highest BCUT2D eigenvalue weighted by Gasteiger charge is 2.11. The topological polar surface area (TPSA) is 64.1 Å². The Kier molecular flexibility index (Phi) is 5.76. The maximum absolute atomic E-state index is 12.1. The van der Waals surface area contributed by atoms with Crippen LogP contribution in [0.25, 0.3) is 10.6 Å². The highest BCUT2D eigenvalue weighted by molar-refractivity contribution is 7.18. The van der Waals surface area contributed by atoms with Crippen LogP contribution in [0.1, 0.15) is 11.1 Å². The Hall–Kier alpha value is -2.15. The molecule has 134 valence electrons. The number of aromatic nitrogens is 2. The maximum Gasteiger partial charge on any atom is 0.264 e. The van der Waals surface area contributed by atoms with Gasteiger partial charge in [-0.2, -0.15) is 0 Å². The molecule has 0 unspecified atom stereocenters. The predicted octanol–water partition coefficient (Wildman–Crippen LogP) is 5.15. The van der Waals surface area contributed by atoms with Gasteiger partial charge in [0.2, 0.25) is 5.13 Å². The molecule has 0 radical (unpaired) electrons. The van der Waals surface area contributed by atoms with E-state index in [0.717, 1.165) is 16.7 Å². The van der Waals surface area contributed by atoms with Crippen molar-refractivity contribution in [1.29, 1.82) is 0 Å². The van der Waals surface area contributed by atoms with Gasteiger partial charge in [-0.05, 0) is 49.2 Å². The molecule has 26 heavy (non-hydrogen) atoms. The van der Waals surface area contributed by atoms with Crippen molar-refractivity contribution in [2.75, 3.05) is 11.9 Å². The van der Waals surface area contributed by atoms with E-state index in [9.17, 15) is 4.79 Å². The number of aryl methyl sites for hydroxylation is 2. The summed E-state index contributed by atoms with van der Waals surface area (Å²) < 4.78 is 5.53. The van der Waals surface area contributed by atoms with Crippen molar-refractivity contribution < 1.29 is 9.53 Å². The van der Waals surface area contributed by atoms with Crippen LogP contribution in [-0.4, -0.2) is 22.7 Å². The Bertz CT molecular complexity index is 919. The zero-order valence-corrected chi connectivity index (χ0v) is 16.4. The maximum atomic E-state index is 12.1. The Morgan fingerprint density at radius 3 is 2.42 bits per heavy atom. The Morgan fingerprint density at radius 2 is 1.77 bits per heavy atom. The van der Waals surface area contributed by atoms with Gasteiger partial charge in [0, 0.05) is 15.6 Å². The summed E-state index contributed by atoms with van der Waals surface area (Å²) >= 11 is 13.3. The first kappa shape index (κ1) is 18.6. The summed E-state index contributed by atoms with van der Waals surface area (Å²) in [5, 5.41) is 13.2. The van der Waals surface area contributed by atoms with Crippen molar-refractivity contribution in [2.45, 2.75) is 13.8 Å². The third kappa shape index (κ3) is 4.52. The summed E-state index contributed by atoms with van der Waals surface area (Å²) in [4.78, 5) is 12.1. The van der Waals surface area contributed by atoms with Gasteiger partial charge in [0.05, 0.1) is 0 Å². The van der Waals surface area contributed by atoms with Crippen molar-refractivity contribution >= 4 is 45.6 Å². The average Bonchev–Trinajstić information content (AvgIpc) is 3.06. The number of halogens is 2. The van der Waals surface area contributed by atoms with Crippen LogP contribution in [0.2, 0.25) is 10.0 Å². The van der Waals surface area contributed by atoms with Gasteiger partial charge >= 0.3 is 0 Å². The molecule has 0 saturated carbocycles. The van der Waals surface area contributed by atoms with E-state index in [4.69, 9.17) is 27.9 Å². The lowest BCUT2D eigenvalue weighted by Gasteiger charge is -2.09. The van der Waals surface area contributed by atoms with Crippen LogP contribution in [0, 0.1) is 13.8 Å². The first-order valence-electron chi connectivity index (χ1n) is 7.71. The first-order chi connectivity index (χ1) is 12.4. The number of ether oxygens (including phenoxy) is 1. The molecule has 1 N–H and O–H groups in total. The fourth-order valence-corrected chi connectivity index (χ4v) is 3.28. The number of hydrogen-bond acceptors (Lipinski definition) is 5. The standard InChI is InChI=1S/C18H15Cl2N3O2S/c1-10-7-14(8-11(2)16(10)20)25-9-15(24)21-18-23-22-17(26-18)12-3-5-13(19)6-4-12/h3-8H,9H2,1-2H3,(H,21,23,24). The van der Waals surface area contributed by atoms with E-state index in [-0.39, 0.29) is 12.5 Å². The molecule has 0 aliphatic carbocycles. The quantitative estimate of drug-likeness (QED) is 0.635. The molecule has 0 spiro atoms. The van der Waals surface area contributed by atoms with E-state index >= 15 is 0 Å². The van der Waals surface area contributed by atoms with Crippen molar-refractivity contribution in [1.82, 2.24) is 10.2 Å². The van der Waals surface area contributed by atoms with E-state index in [0.29, 0.717) is 25.9 Å². The summed E-state index contributed by atoms with van der Waals surface area (Å²) in [6.45, 7) is 3.65. The molecule has 0 fully saturated rings. The van der Waals surface area contributed by atoms with Gasteiger partial charge in [0.25, 0.3) is 5.91 Å². The number of amides is 1. The van der Waals surface area contributed by atoms with E-state index in [2.05, 4.69) is 15.5 Å². The molecule has 0 aliphatic rings. The third-order valence-electron chi connectivity index (χ3n) is 3.54. The lowest BCUT2D eigenvalue weighted by atomic mass is 10.1. The molecule has 8 heteroatoms. The average molecular weight is 408 g/mol. The van der Waals surface area contributed by atoms with E-state index < -0.39 is 0 Å². The van der Waals surface area contributed by atoms with Crippen molar-refractivity contribution in [3.8, 4) is 16.3 Å². The molecule has 1 aromatic heterocycles. The monoisotopic (exact) mass is 407 g/mol. The van der Waals surface area contributed by atoms with Crippen LogP contribution < -0.4 is 10.1 Å². The molecule has 3 aromatic rings. The fraction of sp³-hybridized carbons (Fsp3) is 0.167. The van der Waals surface area contributed by atoms with Gasteiger partial charge in [0.1, 0.15) is 10.8 Å². The Labute approximate surface area is 164 Å². The second-order valence-corrected chi connectivity index (χ2v) is 7.42. The van der Waals surface area contributed by atoms with Gasteiger partial charge in [-0.3, -0.25) is 10.1 Å². The van der Waals surface area contributed by atoms with Crippen LogP contribution in [0.5, 0.6) is 5.75 Å². The molecular formula is C18H15Cl2N3O2S. The number of nitrogens with zero attached hydrogens (tertiary/aromatic N) is 2. The number of carbonyl (C=O) groups is 1. The smallest absolute Gasteiger partial charge is 0.264 e. The normalized spacial score (nSPS) is 10.6. The zero-order chi connectivity index (χ0) is 18.7. The molecule has 5 nitrogen and oxygen atoms in total. The summed E-state index contributed by atoms with van der Waals surface area (Å²) in [6, 6.07) is 10.9. The number of benzene rings is 2. The summed E-state index contributed by atoms with van der Waals surface area (Å²) in [6.07, 6.45) is 0. The third-order valence-corrected chi connectivity index (χ3v) is 5.28. The SMILES string of the molecule is Cc1cc(OCC(=O)Nc2nnc(-c3ccc(Cl)cc3)s2)cc(C)c1Cl. The van der Waals surface area contributed by atoms with Crippen LogP contribution in [0.4, 0.5) is 5.13 Å². The molecule has 1 heterocycles. The molecular weight excluding hydrogens is 393 g/mol. The molecule has 3 rings (SSSR count). The predicted molar refractivity (Wildman–Crippen MR) is 105 cm³/mol. The summed E-state index contributed by atoms with van der Waals surface area (Å²) in [5.41, 5.74) is 2.69. The van der Waals surface area contributed by atoms with Crippen LogP contribution in [0.3, 0.4) is 0 Å². The van der Waals surface area contributed by atoms with Crippen LogP contribution in [-0.2, 0) is 4.79 Å². The lowest BCUT2D eigenvalue weighted by Crippen LogP contribution is -2.20. The van der Waals surface area contributed by atoms with Crippen molar-refractivity contribution in [3.05, 3.63) is 57.6 Å². The second-order valence-electron chi connectivity index (χ2n) is 5.63. The molecule has 0 aliphatic heterocycles. The number of anilines is 1. The van der Waals surface area contributed by atoms with Crippen molar-refractivity contribution in [3.63, 3.8) is 0 Å². The van der Waals surface area contributed by atoms with Crippen molar-refractivity contribution in [2.24, 2.45) is 0 Å². The molecule has 2 aromatic carbocycles. The zero-order valence-electron chi connectivity index (χ0n) is 14.0. The van der Waals surface area contributed by atoms with Gasteiger partial charge in [-0.1, -0.05) is 46.7 Å². The molecule has 0 bridgehead atoms. The number of nitrogens with one attached hydrogen (secondary N) is 1. The van der Waals surface area contributed by atoms with Gasteiger partial charge < -0.3 is 4.74 Å². The highest BCUT2D eigenvalue weighted by atomic mass is 35.5. The fourth-order valence-electron chi connectivity index (χ4n) is 2.28. The molecule has 0 saturated heterocycles. The van der Waals surface area contributed by atoms with Crippen LogP contribution in [0.15, 0.2) is 36.4 Å². The largest absolute Gasteiger partial charge is 0.484 e. The van der Waals surface area contributed by atoms with Gasteiger partial charge in [0.15, 0.2) is 6.61 Å². The minimum absolute atomic E-state index is 0.129. The minimum atomic E-state index is -0.311. The van der Waals surface area contributed by atoms with E-state index in [1.165, 1.54) is 11.3 Å². The minimum Gasteiger partial charge on any atom is -0.484 e. The number of rotatable bonds is 5. The molecule has 1 amide bonds. The number of carbonyl (C=O) groups excluding carboxylic acids is 1.